The highest BCUT2D eigenvalue weighted by Gasteiger charge is 2.23. The average molecular weight is 680 g/mol. The number of ether oxygens (including phenoxy) is 3. The maximum atomic E-state index is 13.7. The molecule has 3 aromatic carbocycles. The Morgan fingerprint density at radius 2 is 1.76 bits per heavy atom. The van der Waals surface area contributed by atoms with Crippen LogP contribution in [0.2, 0.25) is 0 Å². The Morgan fingerprint density at radius 1 is 1.00 bits per heavy atom. The summed E-state index contributed by atoms with van der Waals surface area (Å²) in [5, 5.41) is 15.8. The summed E-state index contributed by atoms with van der Waals surface area (Å²) < 4.78 is 16.4. The van der Waals surface area contributed by atoms with Crippen LogP contribution in [-0.2, 0) is 34.4 Å². The first-order valence-corrected chi connectivity index (χ1v) is 17.8. The molecule has 0 saturated carbocycles. The molecule has 1 aromatic heterocycles. The van der Waals surface area contributed by atoms with Crippen LogP contribution in [-0.4, -0.2) is 83.7 Å². The minimum absolute atomic E-state index is 0.104. The number of aromatic nitrogens is 4. The van der Waals surface area contributed by atoms with E-state index in [0.29, 0.717) is 43.6 Å². The molecule has 0 spiro atoms. The highest BCUT2D eigenvalue weighted by atomic mass is 16.5. The van der Waals surface area contributed by atoms with E-state index in [4.69, 9.17) is 14.2 Å². The molecule has 1 N–H and O–H groups in total. The van der Waals surface area contributed by atoms with Crippen LogP contribution in [0.4, 0.5) is 11.4 Å². The van der Waals surface area contributed by atoms with E-state index in [1.54, 1.807) is 7.05 Å². The molecule has 0 aliphatic carbocycles. The zero-order chi connectivity index (χ0) is 34.7. The fraction of sp³-hybridized carbons (Fsp3) is 0.436. The number of anilines is 2. The van der Waals surface area contributed by atoms with Gasteiger partial charge in [-0.15, -0.1) is 10.2 Å². The van der Waals surface area contributed by atoms with E-state index >= 15 is 0 Å². The summed E-state index contributed by atoms with van der Waals surface area (Å²) in [4.78, 5) is 19.8. The van der Waals surface area contributed by atoms with Crippen molar-refractivity contribution in [2.45, 2.75) is 58.2 Å². The van der Waals surface area contributed by atoms with Gasteiger partial charge < -0.3 is 24.4 Å². The molecule has 2 fully saturated rings. The van der Waals surface area contributed by atoms with Crippen LogP contribution in [0.15, 0.2) is 72.3 Å². The van der Waals surface area contributed by atoms with Crippen molar-refractivity contribution in [2.24, 2.45) is 7.05 Å². The van der Waals surface area contributed by atoms with Crippen LogP contribution >= 0.6 is 0 Å². The largest absolute Gasteiger partial charge is 0.493 e. The summed E-state index contributed by atoms with van der Waals surface area (Å²) in [7, 11) is 3.93. The second-order valence-corrected chi connectivity index (χ2v) is 13.0. The molecule has 11 heteroatoms. The summed E-state index contributed by atoms with van der Waals surface area (Å²) in [5.41, 5.74) is 6.72. The number of rotatable bonds is 10. The van der Waals surface area contributed by atoms with E-state index in [1.807, 2.05) is 43.3 Å². The van der Waals surface area contributed by atoms with Gasteiger partial charge in [-0.1, -0.05) is 36.4 Å². The van der Waals surface area contributed by atoms with E-state index in [0.717, 1.165) is 79.6 Å². The predicted octanol–water partition coefficient (Wildman–Crippen LogP) is 6.12. The molecule has 0 radical (unpaired) electrons. The number of para-hydroxylation sites is 1. The van der Waals surface area contributed by atoms with Gasteiger partial charge in [0.15, 0.2) is 5.82 Å². The SMILES string of the molecule is C1CCOC1.CCOc1ccccc1-c1ccc2c(c1)C=C(C(=O)Nc1ccc(CN(C)C3CCOCC3)cc1)CCN2Cc1nnn(C)n1. The number of carbonyl (C=O) groups excluding carboxylic acids is 1. The van der Waals surface area contributed by atoms with Crippen molar-refractivity contribution in [1.82, 2.24) is 25.1 Å². The normalized spacial score (nSPS) is 16.2. The first-order chi connectivity index (χ1) is 24.5. The molecule has 3 aliphatic rings. The number of tetrazole rings is 1. The lowest BCUT2D eigenvalue weighted by molar-refractivity contribution is -0.112. The van der Waals surface area contributed by atoms with E-state index in [1.165, 1.54) is 23.2 Å². The summed E-state index contributed by atoms with van der Waals surface area (Å²) in [6.07, 6.45) is 7.27. The smallest absolute Gasteiger partial charge is 0.251 e. The number of aryl methyl sites for hydroxylation is 1. The lowest BCUT2D eigenvalue weighted by Gasteiger charge is -2.31. The molecule has 1 amide bonds. The minimum Gasteiger partial charge on any atom is -0.493 e. The predicted molar refractivity (Wildman–Crippen MR) is 196 cm³/mol. The molecule has 3 aliphatic heterocycles. The lowest BCUT2D eigenvalue weighted by atomic mass is 9.99. The van der Waals surface area contributed by atoms with Crippen molar-refractivity contribution in [3.05, 3.63) is 89.3 Å². The first kappa shape index (κ1) is 35.3. The monoisotopic (exact) mass is 679 g/mol. The number of benzene rings is 3. The van der Waals surface area contributed by atoms with E-state index < -0.39 is 0 Å². The molecular weight excluding hydrogens is 630 g/mol. The molecule has 4 aromatic rings. The first-order valence-electron chi connectivity index (χ1n) is 17.8. The minimum atomic E-state index is -0.104. The fourth-order valence-electron chi connectivity index (χ4n) is 6.61. The van der Waals surface area contributed by atoms with Crippen LogP contribution in [0.5, 0.6) is 5.75 Å². The number of carbonyl (C=O) groups is 1. The Labute approximate surface area is 295 Å². The molecule has 2 saturated heterocycles. The lowest BCUT2D eigenvalue weighted by Crippen LogP contribution is -2.36. The third-order valence-electron chi connectivity index (χ3n) is 9.31. The van der Waals surface area contributed by atoms with Gasteiger partial charge in [0.25, 0.3) is 5.91 Å². The van der Waals surface area contributed by atoms with Crippen LogP contribution < -0.4 is 15.0 Å². The average Bonchev–Trinajstić information content (AvgIpc) is 3.83. The molecule has 0 unspecified atom stereocenters. The van der Waals surface area contributed by atoms with Crippen molar-refractivity contribution in [1.29, 1.82) is 0 Å². The van der Waals surface area contributed by atoms with Gasteiger partial charge in [0.1, 0.15) is 5.75 Å². The Balaban J connectivity index is 0.000000794. The van der Waals surface area contributed by atoms with Gasteiger partial charge in [-0.3, -0.25) is 9.69 Å². The standard InChI is InChI=1S/C35H41N7O3.C4H8O/c1-4-45-33-8-6-5-7-31(33)26-11-14-32-28(21-26)22-27(15-18-42(32)24-34-37-39-41(3)38-34)35(43)36-29-12-9-25(10-13-29)23-40(2)30-16-19-44-20-17-30;1-2-4-5-3-1/h5-14,21-22,30H,4,15-20,23-24H2,1-3H3,(H,36,43);1-4H2. The van der Waals surface area contributed by atoms with Gasteiger partial charge in [-0.25, -0.2) is 0 Å². The van der Waals surface area contributed by atoms with Gasteiger partial charge in [0, 0.05) is 68.1 Å². The molecular formula is C39H49N7O4. The molecule has 264 valence electrons. The van der Waals surface area contributed by atoms with Gasteiger partial charge in [-0.2, -0.15) is 4.80 Å². The summed E-state index contributed by atoms with van der Waals surface area (Å²) in [5.74, 6) is 1.36. The zero-order valence-electron chi connectivity index (χ0n) is 29.5. The number of hydrogen-bond donors (Lipinski definition) is 1. The molecule has 7 rings (SSSR count). The Morgan fingerprint density at radius 3 is 2.46 bits per heavy atom. The maximum absolute atomic E-state index is 13.7. The highest BCUT2D eigenvalue weighted by molar-refractivity contribution is 6.07. The van der Waals surface area contributed by atoms with Crippen LogP contribution in [0.1, 0.15) is 56.0 Å². The van der Waals surface area contributed by atoms with Crippen LogP contribution in [0.3, 0.4) is 0 Å². The zero-order valence-corrected chi connectivity index (χ0v) is 29.5. The second kappa shape index (κ2) is 17.4. The maximum Gasteiger partial charge on any atom is 0.251 e. The summed E-state index contributed by atoms with van der Waals surface area (Å²) >= 11 is 0. The number of nitrogens with zero attached hydrogens (tertiary/aromatic N) is 6. The number of nitrogens with one attached hydrogen (secondary N) is 1. The van der Waals surface area contributed by atoms with Gasteiger partial charge in [0.2, 0.25) is 0 Å². The second-order valence-electron chi connectivity index (χ2n) is 13.0. The topological polar surface area (TPSA) is 107 Å². The van der Waals surface area contributed by atoms with Gasteiger partial charge >= 0.3 is 0 Å². The Kier molecular flexibility index (Phi) is 12.3. The number of hydrogen-bond acceptors (Lipinski definition) is 9. The number of amides is 1. The van der Waals surface area contributed by atoms with Crippen molar-refractivity contribution in [3.8, 4) is 16.9 Å². The Hall–Kier alpha value is -4.58. The quantitative estimate of drug-likeness (QED) is 0.212. The molecule has 0 bridgehead atoms. The molecule has 50 heavy (non-hydrogen) atoms. The van der Waals surface area contributed by atoms with E-state index in [-0.39, 0.29) is 5.91 Å². The van der Waals surface area contributed by atoms with Crippen LogP contribution in [0.25, 0.3) is 17.2 Å². The summed E-state index contributed by atoms with van der Waals surface area (Å²) in [6.45, 7) is 8.22. The third kappa shape index (κ3) is 9.35. The van der Waals surface area contributed by atoms with Crippen molar-refractivity contribution in [3.63, 3.8) is 0 Å². The van der Waals surface area contributed by atoms with Crippen molar-refractivity contribution >= 4 is 23.4 Å². The van der Waals surface area contributed by atoms with E-state index in [9.17, 15) is 4.79 Å². The van der Waals surface area contributed by atoms with Crippen molar-refractivity contribution in [2.75, 3.05) is 56.8 Å². The van der Waals surface area contributed by atoms with Crippen molar-refractivity contribution < 1.29 is 19.0 Å². The Bertz CT molecular complexity index is 1720. The fourth-order valence-corrected chi connectivity index (χ4v) is 6.61. The highest BCUT2D eigenvalue weighted by Crippen LogP contribution is 2.36. The summed E-state index contributed by atoms with van der Waals surface area (Å²) in [6, 6.07) is 23.1. The van der Waals surface area contributed by atoms with Gasteiger partial charge in [0.05, 0.1) is 20.2 Å². The van der Waals surface area contributed by atoms with E-state index in [2.05, 4.69) is 74.0 Å². The molecule has 0 atom stereocenters. The molecule has 4 heterocycles. The van der Waals surface area contributed by atoms with Crippen LogP contribution in [0, 0.1) is 0 Å². The van der Waals surface area contributed by atoms with Gasteiger partial charge in [-0.05, 0) is 104 Å². The molecule has 11 nitrogen and oxygen atoms in total. The third-order valence-corrected chi connectivity index (χ3v) is 9.31. The number of fused-ring (bicyclic) bond motifs is 1.